The smallest absolute Gasteiger partial charge is 0.232 e. The van der Waals surface area contributed by atoms with Gasteiger partial charge in [-0.2, -0.15) is 0 Å². The van der Waals surface area contributed by atoms with Gasteiger partial charge in [-0.05, 0) is 55.8 Å². The van der Waals surface area contributed by atoms with Crippen molar-refractivity contribution in [3.05, 3.63) is 59.2 Å². The van der Waals surface area contributed by atoms with Gasteiger partial charge in [0.15, 0.2) is 0 Å². The third kappa shape index (κ3) is 3.60. The summed E-state index contributed by atoms with van der Waals surface area (Å²) >= 11 is 6.01. The summed E-state index contributed by atoms with van der Waals surface area (Å²) in [5.41, 5.74) is 1.18. The van der Waals surface area contributed by atoms with Crippen LogP contribution in [0.5, 0.6) is 0 Å². The van der Waals surface area contributed by atoms with Gasteiger partial charge in [0.25, 0.3) is 0 Å². The molecule has 0 radical (unpaired) electrons. The summed E-state index contributed by atoms with van der Waals surface area (Å²) < 4.78 is 0. The third-order valence-electron chi connectivity index (χ3n) is 4.75. The first kappa shape index (κ1) is 16.9. The molecule has 0 N–H and O–H groups in total. The van der Waals surface area contributed by atoms with Gasteiger partial charge in [-0.25, -0.2) is 4.98 Å². The van der Waals surface area contributed by atoms with Crippen LogP contribution in [-0.4, -0.2) is 43.0 Å². The Balaban J connectivity index is 1.86. The van der Waals surface area contributed by atoms with Gasteiger partial charge in [0, 0.05) is 24.8 Å². The summed E-state index contributed by atoms with van der Waals surface area (Å²) in [6.07, 6.45) is 2.67. The summed E-state index contributed by atoms with van der Waals surface area (Å²) in [7, 11) is 3.87. The molecule has 1 aromatic carbocycles. The van der Waals surface area contributed by atoms with Crippen molar-refractivity contribution in [3.8, 4) is 0 Å². The molecule has 0 aliphatic carbocycles. The van der Waals surface area contributed by atoms with E-state index in [4.69, 9.17) is 11.6 Å². The summed E-state index contributed by atoms with van der Waals surface area (Å²) in [6, 6.07) is 13.5. The predicted octanol–water partition coefficient (Wildman–Crippen LogP) is 3.43. The van der Waals surface area contributed by atoms with Gasteiger partial charge in [0.05, 0.1) is 5.92 Å². The summed E-state index contributed by atoms with van der Waals surface area (Å²) in [5, 5.41) is 0.722. The van der Waals surface area contributed by atoms with E-state index in [-0.39, 0.29) is 17.7 Å². The Morgan fingerprint density at radius 1 is 1.25 bits per heavy atom. The molecule has 1 fully saturated rings. The number of halogens is 1. The Bertz CT molecular complexity index is 690. The first-order valence-electron chi connectivity index (χ1n) is 8.19. The molecule has 0 spiro atoms. The molecule has 0 bridgehead atoms. The van der Waals surface area contributed by atoms with Crippen molar-refractivity contribution in [2.24, 2.45) is 5.92 Å². The lowest BCUT2D eigenvalue weighted by molar-refractivity contribution is -0.124. The predicted molar refractivity (Wildman–Crippen MR) is 97.4 cm³/mol. The molecule has 3 rings (SSSR count). The highest BCUT2D eigenvalue weighted by atomic mass is 35.5. The fraction of sp³-hybridized carbons (Fsp3) is 0.368. The van der Waals surface area contributed by atoms with E-state index in [1.807, 2.05) is 42.5 Å². The number of hydrogen-bond donors (Lipinski definition) is 0. The quantitative estimate of drug-likeness (QED) is 0.856. The van der Waals surface area contributed by atoms with Crippen LogP contribution in [-0.2, 0) is 4.79 Å². The van der Waals surface area contributed by atoms with Crippen molar-refractivity contribution in [2.45, 2.75) is 12.3 Å². The number of anilines is 1. The number of likely N-dealkylation sites (tertiary alicyclic amines) is 1. The van der Waals surface area contributed by atoms with E-state index in [1.165, 1.54) is 5.56 Å². The number of aromatic nitrogens is 1. The molecule has 1 amide bonds. The SMILES string of the molecule is CN1CCC(c2ccc(Cl)cc2)C(C(=O)N(C)c2ccccn2)C1. The number of rotatable bonds is 3. The fourth-order valence-electron chi connectivity index (χ4n) is 3.39. The second-order valence-corrected chi connectivity index (χ2v) is 6.84. The minimum absolute atomic E-state index is 0.0862. The zero-order valence-corrected chi connectivity index (χ0v) is 14.8. The Labute approximate surface area is 148 Å². The van der Waals surface area contributed by atoms with E-state index in [1.54, 1.807) is 18.1 Å². The number of hydrogen-bond acceptors (Lipinski definition) is 3. The highest BCUT2D eigenvalue weighted by Gasteiger charge is 2.36. The largest absolute Gasteiger partial charge is 0.306 e. The maximum Gasteiger partial charge on any atom is 0.232 e. The Kier molecular flexibility index (Phi) is 5.17. The molecule has 5 heteroatoms. The van der Waals surface area contributed by atoms with Crippen LogP contribution in [0.15, 0.2) is 48.7 Å². The van der Waals surface area contributed by atoms with Gasteiger partial charge in [-0.1, -0.05) is 29.8 Å². The van der Waals surface area contributed by atoms with Gasteiger partial charge >= 0.3 is 0 Å². The van der Waals surface area contributed by atoms with Gasteiger partial charge in [0.1, 0.15) is 5.82 Å². The summed E-state index contributed by atoms with van der Waals surface area (Å²) in [5.74, 6) is 0.917. The monoisotopic (exact) mass is 343 g/mol. The van der Waals surface area contributed by atoms with Gasteiger partial charge in [-0.15, -0.1) is 0 Å². The normalized spacial score (nSPS) is 21.5. The molecule has 1 saturated heterocycles. The van der Waals surface area contributed by atoms with Crippen LogP contribution in [0, 0.1) is 5.92 Å². The molecule has 1 aliphatic rings. The van der Waals surface area contributed by atoms with Gasteiger partial charge in [-0.3, -0.25) is 9.69 Å². The Hall–Kier alpha value is -1.91. The number of pyridine rings is 1. The molecule has 24 heavy (non-hydrogen) atoms. The molecule has 4 nitrogen and oxygen atoms in total. The van der Waals surface area contributed by atoms with Crippen molar-refractivity contribution >= 4 is 23.3 Å². The number of benzene rings is 1. The van der Waals surface area contributed by atoms with E-state index in [2.05, 4.69) is 16.9 Å². The zero-order valence-electron chi connectivity index (χ0n) is 14.0. The van der Waals surface area contributed by atoms with E-state index in [9.17, 15) is 4.79 Å². The third-order valence-corrected chi connectivity index (χ3v) is 5.01. The molecular weight excluding hydrogens is 322 g/mol. The highest BCUT2D eigenvalue weighted by molar-refractivity contribution is 6.30. The van der Waals surface area contributed by atoms with Crippen LogP contribution in [0.2, 0.25) is 5.02 Å². The van der Waals surface area contributed by atoms with Crippen LogP contribution < -0.4 is 4.90 Å². The fourth-order valence-corrected chi connectivity index (χ4v) is 3.51. The van der Waals surface area contributed by atoms with E-state index < -0.39 is 0 Å². The first-order chi connectivity index (χ1) is 11.6. The van der Waals surface area contributed by atoms with Crippen LogP contribution in [0.25, 0.3) is 0 Å². The number of amides is 1. The molecule has 1 aromatic heterocycles. The van der Waals surface area contributed by atoms with Crippen molar-refractivity contribution in [1.82, 2.24) is 9.88 Å². The number of carbonyl (C=O) groups is 1. The van der Waals surface area contributed by atoms with Gasteiger partial charge in [0.2, 0.25) is 5.91 Å². The van der Waals surface area contributed by atoms with Crippen molar-refractivity contribution in [1.29, 1.82) is 0 Å². The lowest BCUT2D eigenvalue weighted by Gasteiger charge is -2.37. The molecule has 2 atom stereocenters. The average molecular weight is 344 g/mol. The topological polar surface area (TPSA) is 36.4 Å². The van der Waals surface area contributed by atoms with Crippen LogP contribution >= 0.6 is 11.6 Å². The van der Waals surface area contributed by atoms with Crippen LogP contribution in [0.3, 0.4) is 0 Å². The standard InChI is InChI=1S/C19H22ClN3O/c1-22-12-10-16(14-6-8-15(20)9-7-14)17(13-22)19(24)23(2)18-5-3-4-11-21-18/h3-9,11,16-17H,10,12-13H2,1-2H3. The maximum absolute atomic E-state index is 13.1. The van der Waals surface area contributed by atoms with Crippen LogP contribution in [0.1, 0.15) is 17.9 Å². The second kappa shape index (κ2) is 7.32. The second-order valence-electron chi connectivity index (χ2n) is 6.40. The zero-order chi connectivity index (χ0) is 17.1. The lowest BCUT2D eigenvalue weighted by atomic mass is 9.80. The maximum atomic E-state index is 13.1. The Morgan fingerprint density at radius 2 is 2.00 bits per heavy atom. The van der Waals surface area contributed by atoms with Crippen molar-refractivity contribution in [2.75, 3.05) is 32.1 Å². The average Bonchev–Trinajstić information content (AvgIpc) is 2.62. The van der Waals surface area contributed by atoms with Gasteiger partial charge < -0.3 is 4.90 Å². The molecule has 2 aromatic rings. The number of piperidine rings is 1. The molecule has 2 heterocycles. The first-order valence-corrected chi connectivity index (χ1v) is 8.56. The molecule has 2 unspecified atom stereocenters. The molecular formula is C19H22ClN3O. The summed E-state index contributed by atoms with van der Waals surface area (Å²) in [4.78, 5) is 21.3. The summed E-state index contributed by atoms with van der Waals surface area (Å²) in [6.45, 7) is 1.74. The van der Waals surface area contributed by atoms with Crippen molar-refractivity contribution < 1.29 is 4.79 Å². The van der Waals surface area contributed by atoms with E-state index in [0.717, 1.165) is 24.5 Å². The van der Waals surface area contributed by atoms with Crippen molar-refractivity contribution in [3.63, 3.8) is 0 Å². The lowest BCUT2D eigenvalue weighted by Crippen LogP contribution is -2.46. The number of nitrogens with zero attached hydrogens (tertiary/aromatic N) is 3. The molecule has 0 saturated carbocycles. The van der Waals surface area contributed by atoms with E-state index >= 15 is 0 Å². The Morgan fingerprint density at radius 3 is 2.67 bits per heavy atom. The minimum Gasteiger partial charge on any atom is -0.306 e. The molecule has 1 aliphatic heterocycles. The van der Waals surface area contributed by atoms with E-state index in [0.29, 0.717) is 5.82 Å². The minimum atomic E-state index is -0.0862. The van der Waals surface area contributed by atoms with Crippen LogP contribution in [0.4, 0.5) is 5.82 Å². The number of carbonyl (C=O) groups excluding carboxylic acids is 1. The highest BCUT2D eigenvalue weighted by Crippen LogP contribution is 2.34. The molecule has 126 valence electrons.